The molecular formula is C11H21NO3. The molecule has 0 heterocycles. The van der Waals surface area contributed by atoms with Gasteiger partial charge in [-0.3, -0.25) is 4.79 Å². The molecule has 0 spiro atoms. The number of rotatable bonds is 9. The Morgan fingerprint density at radius 1 is 1.47 bits per heavy atom. The summed E-state index contributed by atoms with van der Waals surface area (Å²) in [7, 11) is 1.70. The molecule has 4 heteroatoms. The fourth-order valence-electron chi connectivity index (χ4n) is 1.69. The first-order chi connectivity index (χ1) is 7.25. The number of ether oxygens (including phenoxy) is 1. The van der Waals surface area contributed by atoms with Crippen LogP contribution >= 0.6 is 0 Å². The average Bonchev–Trinajstić information content (AvgIpc) is 3.00. The van der Waals surface area contributed by atoms with Gasteiger partial charge in [-0.15, -0.1) is 0 Å². The van der Waals surface area contributed by atoms with Gasteiger partial charge in [-0.25, -0.2) is 0 Å². The molecule has 2 N–H and O–H groups in total. The van der Waals surface area contributed by atoms with Crippen molar-refractivity contribution in [2.24, 2.45) is 5.92 Å². The van der Waals surface area contributed by atoms with E-state index in [1.807, 2.05) is 0 Å². The number of carboxylic acids is 1. The zero-order valence-corrected chi connectivity index (χ0v) is 9.37. The second-order valence-electron chi connectivity index (χ2n) is 4.16. The first-order valence-corrected chi connectivity index (χ1v) is 5.71. The number of aliphatic carboxylic acids is 1. The monoisotopic (exact) mass is 215 g/mol. The normalized spacial score (nSPS) is 17.7. The minimum Gasteiger partial charge on any atom is -0.480 e. The van der Waals surface area contributed by atoms with Crippen LogP contribution in [0, 0.1) is 5.92 Å². The van der Waals surface area contributed by atoms with Crippen molar-refractivity contribution >= 4 is 5.97 Å². The third kappa shape index (κ3) is 5.14. The van der Waals surface area contributed by atoms with Crippen LogP contribution in [0.25, 0.3) is 0 Å². The Morgan fingerprint density at radius 2 is 2.20 bits per heavy atom. The highest BCUT2D eigenvalue weighted by atomic mass is 16.5. The molecule has 88 valence electrons. The molecule has 0 amide bonds. The van der Waals surface area contributed by atoms with E-state index in [1.165, 1.54) is 0 Å². The standard InChI is InChI=1S/C11H21NO3/c1-15-8-4-2-3-7-12-10(11(13)14)9-5-6-9/h9-10,12H,2-8H2,1H3,(H,13,14). The molecule has 1 fully saturated rings. The second-order valence-corrected chi connectivity index (χ2v) is 4.16. The van der Waals surface area contributed by atoms with E-state index in [-0.39, 0.29) is 6.04 Å². The Hall–Kier alpha value is -0.610. The summed E-state index contributed by atoms with van der Waals surface area (Å²) in [4.78, 5) is 10.9. The quantitative estimate of drug-likeness (QED) is 0.568. The van der Waals surface area contributed by atoms with Crippen molar-refractivity contribution in [2.45, 2.75) is 38.1 Å². The fourth-order valence-corrected chi connectivity index (χ4v) is 1.69. The summed E-state index contributed by atoms with van der Waals surface area (Å²) in [6.45, 7) is 1.60. The predicted molar refractivity (Wildman–Crippen MR) is 57.9 cm³/mol. The third-order valence-corrected chi connectivity index (χ3v) is 2.75. The van der Waals surface area contributed by atoms with Crippen LogP contribution in [0.4, 0.5) is 0 Å². The van der Waals surface area contributed by atoms with Gasteiger partial charge in [0.05, 0.1) is 0 Å². The maximum atomic E-state index is 10.9. The lowest BCUT2D eigenvalue weighted by Crippen LogP contribution is -2.39. The van der Waals surface area contributed by atoms with Gasteiger partial charge in [-0.05, 0) is 44.6 Å². The predicted octanol–water partition coefficient (Wildman–Crippen LogP) is 1.26. The van der Waals surface area contributed by atoms with Crippen molar-refractivity contribution in [2.75, 3.05) is 20.3 Å². The van der Waals surface area contributed by atoms with E-state index in [1.54, 1.807) is 7.11 Å². The lowest BCUT2D eigenvalue weighted by Gasteiger charge is -2.12. The second kappa shape index (κ2) is 6.80. The number of hydrogen-bond acceptors (Lipinski definition) is 3. The van der Waals surface area contributed by atoms with Crippen LogP contribution in [-0.4, -0.2) is 37.4 Å². The molecule has 0 aromatic carbocycles. The molecule has 1 unspecified atom stereocenters. The Kier molecular flexibility index (Phi) is 5.65. The maximum absolute atomic E-state index is 10.9. The van der Waals surface area contributed by atoms with E-state index >= 15 is 0 Å². The molecule has 4 nitrogen and oxygen atoms in total. The van der Waals surface area contributed by atoms with Gasteiger partial charge in [-0.1, -0.05) is 0 Å². The van der Waals surface area contributed by atoms with Crippen molar-refractivity contribution < 1.29 is 14.6 Å². The third-order valence-electron chi connectivity index (χ3n) is 2.75. The fraction of sp³-hybridized carbons (Fsp3) is 0.909. The van der Waals surface area contributed by atoms with Gasteiger partial charge >= 0.3 is 5.97 Å². The van der Waals surface area contributed by atoms with Gasteiger partial charge in [0.25, 0.3) is 0 Å². The summed E-state index contributed by atoms with van der Waals surface area (Å²) in [5.41, 5.74) is 0. The molecule has 0 aromatic rings. The van der Waals surface area contributed by atoms with Gasteiger partial charge in [-0.2, -0.15) is 0 Å². The van der Waals surface area contributed by atoms with Gasteiger partial charge in [0.2, 0.25) is 0 Å². The highest BCUT2D eigenvalue weighted by Gasteiger charge is 2.35. The van der Waals surface area contributed by atoms with Gasteiger partial charge < -0.3 is 15.2 Å². The minimum absolute atomic E-state index is 0.313. The van der Waals surface area contributed by atoms with Crippen LogP contribution in [0.1, 0.15) is 32.1 Å². The van der Waals surface area contributed by atoms with Crippen LogP contribution in [0.2, 0.25) is 0 Å². The highest BCUT2D eigenvalue weighted by Crippen LogP contribution is 2.32. The average molecular weight is 215 g/mol. The molecule has 0 saturated heterocycles. The van der Waals surface area contributed by atoms with E-state index in [2.05, 4.69) is 5.32 Å². The Labute approximate surface area is 91.0 Å². The molecule has 1 aliphatic carbocycles. The number of carboxylic acid groups (broad SMARTS) is 1. The lowest BCUT2D eigenvalue weighted by atomic mass is 10.1. The van der Waals surface area contributed by atoms with Crippen molar-refractivity contribution in [1.82, 2.24) is 5.32 Å². The summed E-state index contributed by atoms with van der Waals surface area (Å²) in [5.74, 6) is -0.323. The van der Waals surface area contributed by atoms with Crippen LogP contribution in [0.3, 0.4) is 0 Å². The minimum atomic E-state index is -0.700. The van der Waals surface area contributed by atoms with E-state index < -0.39 is 5.97 Å². The lowest BCUT2D eigenvalue weighted by molar-refractivity contribution is -0.140. The van der Waals surface area contributed by atoms with Gasteiger partial charge in [0, 0.05) is 13.7 Å². The number of unbranched alkanes of at least 4 members (excludes halogenated alkanes) is 2. The molecule has 0 aromatic heterocycles. The molecular weight excluding hydrogens is 194 g/mol. The molecule has 1 aliphatic rings. The van der Waals surface area contributed by atoms with E-state index in [4.69, 9.17) is 9.84 Å². The summed E-state index contributed by atoms with van der Waals surface area (Å²) < 4.78 is 4.94. The first kappa shape index (κ1) is 12.5. The van der Waals surface area contributed by atoms with Crippen molar-refractivity contribution in [3.8, 4) is 0 Å². The van der Waals surface area contributed by atoms with E-state index in [0.717, 1.165) is 45.3 Å². The molecule has 15 heavy (non-hydrogen) atoms. The Bertz CT molecular complexity index is 192. The number of hydrogen-bond donors (Lipinski definition) is 2. The van der Waals surface area contributed by atoms with Crippen molar-refractivity contribution in [3.05, 3.63) is 0 Å². The summed E-state index contributed by atoms with van der Waals surface area (Å²) in [6.07, 6.45) is 5.30. The van der Waals surface area contributed by atoms with E-state index in [9.17, 15) is 4.79 Å². The van der Waals surface area contributed by atoms with Crippen LogP contribution < -0.4 is 5.32 Å². The molecule has 0 bridgehead atoms. The van der Waals surface area contributed by atoms with Crippen LogP contribution in [0.15, 0.2) is 0 Å². The van der Waals surface area contributed by atoms with Crippen molar-refractivity contribution in [1.29, 1.82) is 0 Å². The summed E-state index contributed by atoms with van der Waals surface area (Å²) >= 11 is 0. The van der Waals surface area contributed by atoms with E-state index in [0.29, 0.717) is 5.92 Å². The molecule has 1 saturated carbocycles. The largest absolute Gasteiger partial charge is 0.480 e. The number of methoxy groups -OCH3 is 1. The summed E-state index contributed by atoms with van der Waals surface area (Å²) in [5, 5.41) is 12.1. The first-order valence-electron chi connectivity index (χ1n) is 5.71. The Morgan fingerprint density at radius 3 is 2.73 bits per heavy atom. The highest BCUT2D eigenvalue weighted by molar-refractivity contribution is 5.74. The molecule has 1 atom stereocenters. The van der Waals surface area contributed by atoms with Crippen molar-refractivity contribution in [3.63, 3.8) is 0 Å². The SMILES string of the molecule is COCCCCCNC(C(=O)O)C1CC1. The smallest absolute Gasteiger partial charge is 0.320 e. The Balaban J connectivity index is 1.99. The zero-order valence-electron chi connectivity index (χ0n) is 9.37. The van der Waals surface area contributed by atoms with Gasteiger partial charge in [0.1, 0.15) is 6.04 Å². The van der Waals surface area contributed by atoms with Crippen LogP contribution in [-0.2, 0) is 9.53 Å². The zero-order chi connectivity index (χ0) is 11.1. The molecule has 1 rings (SSSR count). The number of nitrogens with one attached hydrogen (secondary N) is 1. The number of carbonyl (C=O) groups is 1. The maximum Gasteiger partial charge on any atom is 0.320 e. The molecule has 0 radical (unpaired) electrons. The van der Waals surface area contributed by atoms with Gasteiger partial charge in [0.15, 0.2) is 0 Å². The van der Waals surface area contributed by atoms with Crippen LogP contribution in [0.5, 0.6) is 0 Å². The topological polar surface area (TPSA) is 58.6 Å². The molecule has 0 aliphatic heterocycles. The summed E-state index contributed by atoms with van der Waals surface area (Å²) in [6, 6.07) is -0.313.